The Balaban J connectivity index is 0. The first-order valence-corrected chi connectivity index (χ1v) is 7.54. The smallest absolute Gasteiger partial charge is 0.407 e. The summed E-state index contributed by atoms with van der Waals surface area (Å²) >= 11 is 0. The second-order valence-electron chi connectivity index (χ2n) is 5.50. The van der Waals surface area contributed by atoms with Crippen LogP contribution in [-0.4, -0.2) is 56.3 Å². The maximum Gasteiger partial charge on any atom is 0.407 e. The van der Waals surface area contributed by atoms with E-state index in [1.807, 2.05) is 34.6 Å². The van der Waals surface area contributed by atoms with Gasteiger partial charge in [0.05, 0.1) is 0 Å². The number of amides is 2. The molecule has 0 radical (unpaired) electrons. The lowest BCUT2D eigenvalue weighted by atomic mass is 10.2. The second-order valence-corrected chi connectivity index (χ2v) is 5.50. The molecule has 4 N–H and O–H groups in total. The number of carbonyl (C=O) groups is 2. The number of likely N-dealkylation sites (N-methyl/N-ethyl adjacent to an activating group) is 1. The number of hydrogen-bond acceptors (Lipinski definition) is 4. The molecule has 0 aliphatic heterocycles. The molecule has 8 nitrogen and oxygen atoms in total. The van der Waals surface area contributed by atoms with Crippen molar-refractivity contribution >= 4 is 41.9 Å². The van der Waals surface area contributed by atoms with Gasteiger partial charge in [-0.25, -0.2) is 9.79 Å². The highest BCUT2D eigenvalue weighted by atomic mass is 127. The van der Waals surface area contributed by atoms with Crippen molar-refractivity contribution in [3.05, 3.63) is 0 Å². The zero-order chi connectivity index (χ0) is 17.0. The fourth-order valence-electron chi connectivity index (χ4n) is 1.41. The lowest BCUT2D eigenvalue weighted by molar-refractivity contribution is -0.119. The number of alkyl carbamates (subject to hydrolysis) is 1. The van der Waals surface area contributed by atoms with Gasteiger partial charge in [-0.3, -0.25) is 4.79 Å². The number of hydrogen-bond donors (Lipinski definition) is 4. The standard InChI is InChI=1S/C14H29N5O3.HI/c1-6-15-11(20)10-19-12(16-7-2)17-8-9-18-13(21)22-14(3,4)5;/h6-10H2,1-5H3,(H,15,20)(H,18,21)(H2,16,17,19);1H. The summed E-state index contributed by atoms with van der Waals surface area (Å²) in [6.07, 6.45) is -0.460. The van der Waals surface area contributed by atoms with Crippen LogP contribution in [0.25, 0.3) is 0 Å². The molecule has 0 bridgehead atoms. The van der Waals surface area contributed by atoms with Gasteiger partial charge in [0.25, 0.3) is 0 Å². The molecule has 0 aliphatic rings. The van der Waals surface area contributed by atoms with Crippen molar-refractivity contribution in [1.29, 1.82) is 0 Å². The Labute approximate surface area is 155 Å². The van der Waals surface area contributed by atoms with Gasteiger partial charge in [0.15, 0.2) is 5.96 Å². The van der Waals surface area contributed by atoms with E-state index in [-0.39, 0.29) is 36.4 Å². The minimum atomic E-state index is -0.513. The molecular formula is C14H30IN5O3. The van der Waals surface area contributed by atoms with E-state index in [2.05, 4.69) is 26.3 Å². The highest BCUT2D eigenvalue weighted by Crippen LogP contribution is 2.05. The number of carbonyl (C=O) groups excluding carboxylic acids is 2. The Morgan fingerprint density at radius 3 is 2.04 bits per heavy atom. The van der Waals surface area contributed by atoms with Crippen molar-refractivity contribution in [1.82, 2.24) is 21.3 Å². The Morgan fingerprint density at radius 2 is 1.52 bits per heavy atom. The zero-order valence-corrected chi connectivity index (χ0v) is 16.9. The monoisotopic (exact) mass is 443 g/mol. The fourth-order valence-corrected chi connectivity index (χ4v) is 1.41. The third kappa shape index (κ3) is 15.4. The van der Waals surface area contributed by atoms with Crippen LogP contribution >= 0.6 is 24.0 Å². The second kappa shape index (κ2) is 13.2. The average molecular weight is 443 g/mol. The summed E-state index contributed by atoms with van der Waals surface area (Å²) in [7, 11) is 0. The first kappa shape index (κ1) is 24.0. The maximum atomic E-state index is 11.5. The molecule has 0 aromatic rings. The molecule has 23 heavy (non-hydrogen) atoms. The Morgan fingerprint density at radius 1 is 0.957 bits per heavy atom. The van der Waals surface area contributed by atoms with E-state index in [0.717, 1.165) is 0 Å². The van der Waals surface area contributed by atoms with Crippen molar-refractivity contribution in [2.24, 2.45) is 4.99 Å². The van der Waals surface area contributed by atoms with Gasteiger partial charge in [-0.15, -0.1) is 24.0 Å². The predicted octanol–water partition coefficient (Wildman–Crippen LogP) is 0.820. The van der Waals surface area contributed by atoms with Crippen LogP contribution in [0.1, 0.15) is 34.6 Å². The number of guanidine groups is 1. The van der Waals surface area contributed by atoms with Crippen molar-refractivity contribution < 1.29 is 14.3 Å². The molecule has 0 fully saturated rings. The van der Waals surface area contributed by atoms with Gasteiger partial charge in [0.2, 0.25) is 5.91 Å². The minimum Gasteiger partial charge on any atom is -0.444 e. The summed E-state index contributed by atoms with van der Waals surface area (Å²) in [5.41, 5.74) is -0.513. The third-order valence-corrected chi connectivity index (χ3v) is 2.18. The van der Waals surface area contributed by atoms with Crippen LogP contribution in [0, 0.1) is 0 Å². The average Bonchev–Trinajstić information content (AvgIpc) is 2.39. The Kier molecular flexibility index (Phi) is 13.8. The molecule has 0 atom stereocenters. The van der Waals surface area contributed by atoms with Gasteiger partial charge in [-0.1, -0.05) is 0 Å². The van der Waals surface area contributed by atoms with E-state index in [4.69, 9.17) is 4.74 Å². The van der Waals surface area contributed by atoms with Crippen LogP contribution in [0.2, 0.25) is 0 Å². The van der Waals surface area contributed by atoms with E-state index >= 15 is 0 Å². The minimum absolute atomic E-state index is 0. The lowest BCUT2D eigenvalue weighted by Gasteiger charge is -2.19. The summed E-state index contributed by atoms with van der Waals surface area (Å²) in [6.45, 7) is 11.4. The molecule has 0 spiro atoms. The zero-order valence-electron chi connectivity index (χ0n) is 14.6. The van der Waals surface area contributed by atoms with Crippen molar-refractivity contribution in [3.8, 4) is 0 Å². The molecule has 0 saturated heterocycles. The maximum absolute atomic E-state index is 11.5. The van der Waals surface area contributed by atoms with E-state index in [1.54, 1.807) is 0 Å². The quantitative estimate of drug-likeness (QED) is 0.202. The molecule has 136 valence electrons. The largest absolute Gasteiger partial charge is 0.444 e. The van der Waals surface area contributed by atoms with E-state index < -0.39 is 11.7 Å². The number of nitrogens with one attached hydrogen (secondary N) is 4. The van der Waals surface area contributed by atoms with Crippen molar-refractivity contribution in [2.75, 3.05) is 32.7 Å². The first-order valence-electron chi connectivity index (χ1n) is 7.54. The molecule has 0 rings (SSSR count). The third-order valence-electron chi connectivity index (χ3n) is 2.18. The Bertz CT molecular complexity index is 383. The molecular weight excluding hydrogens is 413 g/mol. The van der Waals surface area contributed by atoms with Crippen LogP contribution in [-0.2, 0) is 9.53 Å². The fraction of sp³-hybridized carbons (Fsp3) is 0.786. The first-order chi connectivity index (χ1) is 10.3. The van der Waals surface area contributed by atoms with Crippen LogP contribution < -0.4 is 21.3 Å². The van der Waals surface area contributed by atoms with Crippen molar-refractivity contribution in [2.45, 2.75) is 40.2 Å². The summed E-state index contributed by atoms with van der Waals surface area (Å²) in [6, 6.07) is 0. The van der Waals surface area contributed by atoms with Gasteiger partial charge in [0.1, 0.15) is 12.1 Å². The van der Waals surface area contributed by atoms with Gasteiger partial charge >= 0.3 is 6.09 Å². The van der Waals surface area contributed by atoms with Crippen LogP contribution in [0.4, 0.5) is 4.79 Å². The molecule has 0 aromatic carbocycles. The van der Waals surface area contributed by atoms with E-state index in [0.29, 0.717) is 32.1 Å². The van der Waals surface area contributed by atoms with E-state index in [1.165, 1.54) is 0 Å². The number of ether oxygens (including phenoxy) is 1. The van der Waals surface area contributed by atoms with Gasteiger partial charge in [-0.05, 0) is 34.6 Å². The topological polar surface area (TPSA) is 104 Å². The lowest BCUT2D eigenvalue weighted by Crippen LogP contribution is -2.43. The molecule has 0 aromatic heterocycles. The predicted molar refractivity (Wildman–Crippen MR) is 102 cm³/mol. The van der Waals surface area contributed by atoms with Crippen molar-refractivity contribution in [3.63, 3.8) is 0 Å². The van der Waals surface area contributed by atoms with Crippen LogP contribution in [0.15, 0.2) is 4.99 Å². The van der Waals surface area contributed by atoms with Crippen LogP contribution in [0.3, 0.4) is 0 Å². The molecule has 9 heteroatoms. The SMILES string of the molecule is CCNC(=O)CN=C(NCC)NCCNC(=O)OC(C)(C)C.I. The molecule has 0 saturated carbocycles. The normalized spacial score (nSPS) is 11.1. The van der Waals surface area contributed by atoms with E-state index in [9.17, 15) is 9.59 Å². The highest BCUT2D eigenvalue weighted by molar-refractivity contribution is 14.0. The number of nitrogens with zero attached hydrogens (tertiary/aromatic N) is 1. The Hall–Kier alpha value is -1.26. The molecule has 2 amide bonds. The van der Waals surface area contributed by atoms with Gasteiger partial charge in [-0.2, -0.15) is 0 Å². The number of aliphatic imine (C=N–C) groups is 1. The molecule has 0 heterocycles. The van der Waals surface area contributed by atoms with Gasteiger partial charge < -0.3 is 26.0 Å². The number of rotatable bonds is 7. The summed E-state index contributed by atoms with van der Waals surface area (Å²) in [5.74, 6) is 0.395. The van der Waals surface area contributed by atoms with Gasteiger partial charge in [0, 0.05) is 26.2 Å². The summed E-state index contributed by atoms with van der Waals surface area (Å²) < 4.78 is 5.12. The molecule has 0 aliphatic carbocycles. The highest BCUT2D eigenvalue weighted by Gasteiger charge is 2.15. The van der Waals surface area contributed by atoms with Crippen LogP contribution in [0.5, 0.6) is 0 Å². The molecule has 0 unspecified atom stereocenters. The summed E-state index contributed by atoms with van der Waals surface area (Å²) in [4.78, 5) is 27.0. The number of halogens is 1. The summed E-state index contributed by atoms with van der Waals surface area (Å²) in [5, 5.41) is 11.4.